The number of hydrogen-bond acceptors (Lipinski definition) is 7. The fourth-order valence-corrected chi connectivity index (χ4v) is 3.05. The van der Waals surface area contributed by atoms with E-state index in [2.05, 4.69) is 10.1 Å². The number of imide groups is 1. The van der Waals surface area contributed by atoms with Crippen molar-refractivity contribution in [1.82, 2.24) is 4.90 Å². The molecule has 0 bridgehead atoms. The van der Waals surface area contributed by atoms with Gasteiger partial charge >= 0.3 is 13.7 Å². The van der Waals surface area contributed by atoms with Gasteiger partial charge in [0.25, 0.3) is 11.8 Å². The second kappa shape index (κ2) is 7.97. The van der Waals surface area contributed by atoms with Crippen LogP contribution in [0.1, 0.15) is 27.7 Å². The summed E-state index contributed by atoms with van der Waals surface area (Å²) in [4.78, 5) is 25.1. The lowest BCUT2D eigenvalue weighted by atomic mass is 9.78. The number of carbonyl (C=O) groups excluding carboxylic acids is 2. The van der Waals surface area contributed by atoms with Gasteiger partial charge in [-0.05, 0) is 45.3 Å². The fraction of sp³-hybridized carbons (Fsp3) is 0.474. The Hall–Kier alpha value is -2.50. The van der Waals surface area contributed by atoms with Crippen LogP contribution in [0.15, 0.2) is 30.0 Å². The number of aliphatic hydroxyl groups excluding tert-OH is 1. The summed E-state index contributed by atoms with van der Waals surface area (Å²) >= 11 is 0. The highest BCUT2D eigenvalue weighted by Gasteiger charge is 2.51. The van der Waals surface area contributed by atoms with Crippen LogP contribution < -0.4 is 15.5 Å². The van der Waals surface area contributed by atoms with Crippen LogP contribution in [0, 0.1) is 0 Å². The van der Waals surface area contributed by atoms with Crippen molar-refractivity contribution in [2.75, 3.05) is 18.5 Å². The Bertz CT molecular complexity index is 874. The van der Waals surface area contributed by atoms with Crippen LogP contribution in [-0.2, 0) is 18.9 Å². The van der Waals surface area contributed by atoms with E-state index < -0.39 is 36.7 Å². The molecule has 162 valence electrons. The van der Waals surface area contributed by atoms with Gasteiger partial charge in [-0.2, -0.15) is 8.78 Å². The minimum atomic E-state index is -3.06. The maximum absolute atomic E-state index is 12.8. The number of carbonyl (C=O) groups is 2. The number of nitrogens with one attached hydrogen (secondary N) is 1. The van der Waals surface area contributed by atoms with Crippen LogP contribution in [0.5, 0.6) is 5.75 Å². The number of aliphatic hydroxyl groups is 1. The second-order valence-corrected chi connectivity index (χ2v) is 7.96. The van der Waals surface area contributed by atoms with Crippen LogP contribution in [0.3, 0.4) is 0 Å². The molecule has 0 atom stereocenters. The van der Waals surface area contributed by atoms with Crippen LogP contribution in [0.25, 0.3) is 0 Å². The van der Waals surface area contributed by atoms with Crippen molar-refractivity contribution in [2.45, 2.75) is 45.5 Å². The van der Waals surface area contributed by atoms with E-state index >= 15 is 0 Å². The maximum Gasteiger partial charge on any atom is 0.495 e. The summed E-state index contributed by atoms with van der Waals surface area (Å²) in [6.07, 6.45) is 1.08. The largest absolute Gasteiger partial charge is 0.495 e. The molecule has 2 heterocycles. The standard InChI is InChI=1S/C19H23BF2N2O6/c1-18(2)19(3,4)30-20(29-18)11-7-12(9-13(8-11)28-17(21)22)23-14-10-15(26)24(5-6-25)16(14)27/h7-10,17,23,25H,5-6H2,1-4H3. The highest BCUT2D eigenvalue weighted by molar-refractivity contribution is 6.62. The number of halogens is 2. The van der Waals surface area contributed by atoms with Crippen molar-refractivity contribution < 1.29 is 37.5 Å². The molecule has 11 heteroatoms. The topological polar surface area (TPSA) is 97.3 Å². The molecule has 0 aliphatic carbocycles. The van der Waals surface area contributed by atoms with Crippen LogP contribution >= 0.6 is 0 Å². The minimum Gasteiger partial charge on any atom is -0.435 e. The Morgan fingerprint density at radius 1 is 1.17 bits per heavy atom. The average molecular weight is 424 g/mol. The number of benzene rings is 1. The Kier molecular flexibility index (Phi) is 5.90. The molecule has 30 heavy (non-hydrogen) atoms. The molecule has 1 fully saturated rings. The number of alkyl halides is 2. The SMILES string of the molecule is CC1(C)OB(c2cc(NC3=CC(=O)N(CCO)C3=O)cc(OC(F)F)c2)OC1(C)C. The van der Waals surface area contributed by atoms with E-state index in [-0.39, 0.29) is 30.3 Å². The van der Waals surface area contributed by atoms with Gasteiger partial charge in [-0.1, -0.05) is 0 Å². The zero-order chi connectivity index (χ0) is 22.3. The Morgan fingerprint density at radius 2 is 1.80 bits per heavy atom. The van der Waals surface area contributed by atoms with Crippen molar-refractivity contribution in [1.29, 1.82) is 0 Å². The molecule has 1 saturated heterocycles. The third-order valence-corrected chi connectivity index (χ3v) is 5.29. The van der Waals surface area contributed by atoms with Gasteiger partial charge in [0.05, 0.1) is 24.4 Å². The highest BCUT2D eigenvalue weighted by Crippen LogP contribution is 2.37. The lowest BCUT2D eigenvalue weighted by Gasteiger charge is -2.32. The predicted molar refractivity (Wildman–Crippen MR) is 104 cm³/mol. The quantitative estimate of drug-likeness (QED) is 0.502. The zero-order valence-electron chi connectivity index (χ0n) is 17.1. The molecule has 8 nitrogen and oxygen atoms in total. The van der Waals surface area contributed by atoms with E-state index in [0.717, 1.165) is 11.0 Å². The van der Waals surface area contributed by atoms with Crippen molar-refractivity contribution in [3.05, 3.63) is 30.0 Å². The van der Waals surface area contributed by atoms with Gasteiger partial charge in [-0.15, -0.1) is 0 Å². The zero-order valence-corrected chi connectivity index (χ0v) is 17.1. The first kappa shape index (κ1) is 22.2. The van der Waals surface area contributed by atoms with E-state index in [0.29, 0.717) is 5.46 Å². The molecule has 0 aromatic heterocycles. The third-order valence-electron chi connectivity index (χ3n) is 5.29. The smallest absolute Gasteiger partial charge is 0.435 e. The van der Waals surface area contributed by atoms with Gasteiger partial charge in [-0.3, -0.25) is 14.5 Å². The minimum absolute atomic E-state index is 0.0532. The molecule has 1 aromatic carbocycles. The van der Waals surface area contributed by atoms with E-state index in [1.807, 2.05) is 27.7 Å². The monoisotopic (exact) mass is 424 g/mol. The summed E-state index contributed by atoms with van der Waals surface area (Å²) in [5.74, 6) is -1.38. The molecule has 0 unspecified atom stereocenters. The number of anilines is 1. The third kappa shape index (κ3) is 4.33. The van der Waals surface area contributed by atoms with E-state index in [1.165, 1.54) is 12.1 Å². The normalized spacial score (nSPS) is 20.2. The number of rotatable bonds is 7. The van der Waals surface area contributed by atoms with Crippen molar-refractivity contribution in [3.8, 4) is 5.75 Å². The van der Waals surface area contributed by atoms with Gasteiger partial charge in [0.15, 0.2) is 0 Å². The van der Waals surface area contributed by atoms with Gasteiger partial charge in [-0.25, -0.2) is 0 Å². The van der Waals surface area contributed by atoms with Crippen LogP contribution in [0.4, 0.5) is 14.5 Å². The number of hydrogen-bond donors (Lipinski definition) is 2. The molecular formula is C19H23BF2N2O6. The summed E-state index contributed by atoms with van der Waals surface area (Å²) in [7, 11) is -0.849. The number of ether oxygens (including phenoxy) is 1. The Labute approximate surface area is 172 Å². The molecule has 0 spiro atoms. The first-order valence-corrected chi connectivity index (χ1v) is 9.34. The van der Waals surface area contributed by atoms with E-state index in [4.69, 9.17) is 14.4 Å². The summed E-state index contributed by atoms with van der Waals surface area (Å²) in [5, 5.41) is 11.8. The van der Waals surface area contributed by atoms with Crippen molar-refractivity contribution >= 4 is 30.1 Å². The summed E-state index contributed by atoms with van der Waals surface area (Å²) in [6.45, 7) is 3.85. The lowest BCUT2D eigenvalue weighted by Crippen LogP contribution is -2.41. The summed E-state index contributed by atoms with van der Waals surface area (Å²) in [6, 6.07) is 4.20. The molecule has 2 amide bonds. The van der Waals surface area contributed by atoms with Gasteiger partial charge in [0.2, 0.25) is 0 Å². The lowest BCUT2D eigenvalue weighted by molar-refractivity contribution is -0.137. The van der Waals surface area contributed by atoms with Gasteiger partial charge in [0, 0.05) is 17.8 Å². The first-order valence-electron chi connectivity index (χ1n) is 9.34. The van der Waals surface area contributed by atoms with Crippen molar-refractivity contribution in [3.63, 3.8) is 0 Å². The summed E-state index contributed by atoms with van der Waals surface area (Å²) < 4.78 is 42.1. The highest BCUT2D eigenvalue weighted by atomic mass is 19.3. The van der Waals surface area contributed by atoms with Gasteiger partial charge in [0.1, 0.15) is 11.4 Å². The van der Waals surface area contributed by atoms with E-state index in [1.54, 1.807) is 6.07 Å². The second-order valence-electron chi connectivity index (χ2n) is 7.96. The average Bonchev–Trinajstić information content (AvgIpc) is 3.00. The molecule has 2 N–H and O–H groups in total. The molecule has 2 aliphatic heterocycles. The van der Waals surface area contributed by atoms with Gasteiger partial charge < -0.3 is 24.5 Å². The number of nitrogens with zero attached hydrogens (tertiary/aromatic N) is 1. The van der Waals surface area contributed by atoms with E-state index in [9.17, 15) is 18.4 Å². The molecule has 3 rings (SSSR count). The first-order chi connectivity index (χ1) is 13.9. The molecular weight excluding hydrogens is 401 g/mol. The number of β-amino-alcohol motifs (C(OH)–C–C–N with tert-alkyl or cyclic N) is 1. The predicted octanol–water partition coefficient (Wildman–Crippen LogP) is 1.24. The molecule has 1 aromatic rings. The molecule has 2 aliphatic rings. The van der Waals surface area contributed by atoms with Crippen LogP contribution in [-0.4, -0.2) is 59.9 Å². The number of amides is 2. The summed E-state index contributed by atoms with van der Waals surface area (Å²) in [5.41, 5.74) is -0.713. The maximum atomic E-state index is 12.8. The molecule has 0 radical (unpaired) electrons. The molecule has 0 saturated carbocycles. The Balaban J connectivity index is 1.90. The fourth-order valence-electron chi connectivity index (χ4n) is 3.05. The van der Waals surface area contributed by atoms with Crippen molar-refractivity contribution in [2.24, 2.45) is 0 Å². The Morgan fingerprint density at radius 3 is 2.37 bits per heavy atom. The van der Waals surface area contributed by atoms with Crippen LogP contribution in [0.2, 0.25) is 0 Å².